The number of hydrogen-bond donors (Lipinski definition) is 2. The Bertz CT molecular complexity index is 372. The molecule has 102 valence electrons. The standard InChI is InChI=1S/C12H25NO3S/c1-9(11(2,3)4)10(8-17(14,15)16)13-12(5,6)7/h10,13H,1,8H2,2-7H3,(H,14,15,16). The minimum atomic E-state index is -4.02. The van der Waals surface area contributed by atoms with Gasteiger partial charge in [0.05, 0.1) is 5.75 Å². The Morgan fingerprint density at radius 1 is 1.24 bits per heavy atom. The molecule has 0 bridgehead atoms. The minimum absolute atomic E-state index is 0.215. The van der Waals surface area contributed by atoms with Gasteiger partial charge in [0.2, 0.25) is 0 Å². The molecule has 5 heteroatoms. The van der Waals surface area contributed by atoms with Gasteiger partial charge in [0, 0.05) is 11.6 Å². The summed E-state index contributed by atoms with van der Waals surface area (Å²) < 4.78 is 31.1. The molecular weight excluding hydrogens is 238 g/mol. The Morgan fingerprint density at radius 3 is 1.88 bits per heavy atom. The first-order valence-corrected chi connectivity index (χ1v) is 7.25. The predicted molar refractivity (Wildman–Crippen MR) is 71.7 cm³/mol. The fourth-order valence-electron chi connectivity index (χ4n) is 1.49. The number of hydrogen-bond acceptors (Lipinski definition) is 3. The molecule has 0 heterocycles. The molecule has 0 aromatic carbocycles. The third kappa shape index (κ3) is 7.52. The van der Waals surface area contributed by atoms with Crippen molar-refractivity contribution in [1.82, 2.24) is 5.32 Å². The van der Waals surface area contributed by atoms with Crippen LogP contribution < -0.4 is 5.32 Å². The minimum Gasteiger partial charge on any atom is -0.305 e. The molecule has 4 nitrogen and oxygen atoms in total. The fraction of sp³-hybridized carbons (Fsp3) is 0.833. The van der Waals surface area contributed by atoms with Crippen molar-refractivity contribution in [3.05, 3.63) is 12.2 Å². The van der Waals surface area contributed by atoms with Gasteiger partial charge in [-0.1, -0.05) is 32.9 Å². The van der Waals surface area contributed by atoms with Crippen molar-refractivity contribution in [2.24, 2.45) is 5.41 Å². The van der Waals surface area contributed by atoms with Crippen LogP contribution in [0, 0.1) is 5.41 Å². The molecule has 0 saturated carbocycles. The van der Waals surface area contributed by atoms with E-state index < -0.39 is 16.2 Å². The molecule has 0 aliphatic carbocycles. The van der Waals surface area contributed by atoms with E-state index >= 15 is 0 Å². The summed E-state index contributed by atoms with van der Waals surface area (Å²) in [4.78, 5) is 0. The van der Waals surface area contributed by atoms with Crippen LogP contribution in [0.1, 0.15) is 41.5 Å². The molecule has 0 aliphatic heterocycles. The normalized spacial score (nSPS) is 15.7. The van der Waals surface area contributed by atoms with Crippen molar-refractivity contribution in [2.45, 2.75) is 53.1 Å². The van der Waals surface area contributed by atoms with Crippen LogP contribution in [0.5, 0.6) is 0 Å². The molecule has 0 rings (SSSR count). The zero-order valence-electron chi connectivity index (χ0n) is 11.7. The number of rotatable bonds is 4. The van der Waals surface area contributed by atoms with Crippen LogP contribution in [0.4, 0.5) is 0 Å². The van der Waals surface area contributed by atoms with Crippen LogP contribution in [0.2, 0.25) is 0 Å². The van der Waals surface area contributed by atoms with Crippen LogP contribution >= 0.6 is 0 Å². The number of nitrogens with one attached hydrogen (secondary N) is 1. The molecule has 0 aromatic rings. The fourth-order valence-corrected chi connectivity index (χ4v) is 2.19. The van der Waals surface area contributed by atoms with E-state index in [1.807, 2.05) is 41.5 Å². The van der Waals surface area contributed by atoms with E-state index in [9.17, 15) is 8.42 Å². The van der Waals surface area contributed by atoms with Crippen LogP contribution in [0.3, 0.4) is 0 Å². The van der Waals surface area contributed by atoms with Gasteiger partial charge in [0.1, 0.15) is 0 Å². The van der Waals surface area contributed by atoms with Gasteiger partial charge in [-0.05, 0) is 26.2 Å². The van der Waals surface area contributed by atoms with Gasteiger partial charge in [-0.3, -0.25) is 4.55 Å². The van der Waals surface area contributed by atoms with Crippen molar-refractivity contribution in [3.63, 3.8) is 0 Å². The average molecular weight is 263 g/mol. The molecule has 0 amide bonds. The van der Waals surface area contributed by atoms with Crippen molar-refractivity contribution in [2.75, 3.05) is 5.75 Å². The lowest BCUT2D eigenvalue weighted by molar-refractivity contribution is 0.353. The monoisotopic (exact) mass is 263 g/mol. The maximum atomic E-state index is 11.0. The van der Waals surface area contributed by atoms with Crippen molar-refractivity contribution in [3.8, 4) is 0 Å². The molecule has 0 radical (unpaired) electrons. The summed E-state index contributed by atoms with van der Waals surface area (Å²) in [5, 5.41) is 3.18. The van der Waals surface area contributed by atoms with E-state index in [1.165, 1.54) is 0 Å². The van der Waals surface area contributed by atoms with E-state index in [0.717, 1.165) is 5.57 Å². The van der Waals surface area contributed by atoms with E-state index in [4.69, 9.17) is 4.55 Å². The van der Waals surface area contributed by atoms with Crippen LogP contribution in [-0.4, -0.2) is 30.3 Å². The van der Waals surface area contributed by atoms with E-state index in [0.29, 0.717) is 0 Å². The highest BCUT2D eigenvalue weighted by Gasteiger charge is 2.29. The van der Waals surface area contributed by atoms with Gasteiger partial charge in [0.15, 0.2) is 0 Å². The topological polar surface area (TPSA) is 66.4 Å². The van der Waals surface area contributed by atoms with Crippen molar-refractivity contribution < 1.29 is 13.0 Å². The molecule has 0 spiro atoms. The van der Waals surface area contributed by atoms with Gasteiger partial charge < -0.3 is 5.32 Å². The van der Waals surface area contributed by atoms with Gasteiger partial charge in [-0.25, -0.2) is 0 Å². The van der Waals surface area contributed by atoms with Crippen LogP contribution in [0.25, 0.3) is 0 Å². The molecule has 1 atom stereocenters. The lowest BCUT2D eigenvalue weighted by atomic mass is 9.83. The maximum Gasteiger partial charge on any atom is 0.266 e. The summed E-state index contributed by atoms with van der Waals surface area (Å²) in [6.45, 7) is 15.7. The third-order valence-corrected chi connectivity index (χ3v) is 3.12. The Labute approximate surface area is 105 Å². The molecule has 0 aromatic heterocycles. The first-order valence-electron chi connectivity index (χ1n) is 5.64. The molecule has 17 heavy (non-hydrogen) atoms. The molecule has 2 N–H and O–H groups in total. The van der Waals surface area contributed by atoms with Crippen molar-refractivity contribution >= 4 is 10.1 Å². The Hall–Kier alpha value is -0.390. The highest BCUT2D eigenvalue weighted by atomic mass is 32.2. The van der Waals surface area contributed by atoms with Crippen LogP contribution in [0.15, 0.2) is 12.2 Å². The summed E-state index contributed by atoms with van der Waals surface area (Å²) in [7, 11) is -4.02. The smallest absolute Gasteiger partial charge is 0.266 e. The lowest BCUT2D eigenvalue weighted by Gasteiger charge is -2.34. The van der Waals surface area contributed by atoms with Gasteiger partial charge in [0.25, 0.3) is 10.1 Å². The molecular formula is C12H25NO3S. The zero-order chi connectivity index (χ0) is 14.1. The van der Waals surface area contributed by atoms with Gasteiger partial charge >= 0.3 is 0 Å². The molecule has 0 saturated heterocycles. The summed E-state index contributed by atoms with van der Waals surface area (Å²) >= 11 is 0. The maximum absolute atomic E-state index is 11.0. The quantitative estimate of drug-likeness (QED) is 0.603. The third-order valence-electron chi connectivity index (χ3n) is 2.37. The zero-order valence-corrected chi connectivity index (χ0v) is 12.5. The summed E-state index contributed by atoms with van der Waals surface area (Å²) in [5.41, 5.74) is 0.307. The van der Waals surface area contributed by atoms with Gasteiger partial charge in [-0.15, -0.1) is 0 Å². The highest BCUT2D eigenvalue weighted by molar-refractivity contribution is 7.85. The summed E-state index contributed by atoms with van der Waals surface area (Å²) in [6.07, 6.45) is 0. The second-order valence-electron chi connectivity index (χ2n) is 6.47. The lowest BCUT2D eigenvalue weighted by Crippen LogP contribution is -2.49. The Kier molecular flexibility index (Phi) is 4.96. The van der Waals surface area contributed by atoms with Crippen LogP contribution in [-0.2, 0) is 10.1 Å². The second-order valence-corrected chi connectivity index (χ2v) is 7.97. The van der Waals surface area contributed by atoms with Gasteiger partial charge in [-0.2, -0.15) is 8.42 Å². The molecule has 1 unspecified atom stereocenters. The second kappa shape index (κ2) is 5.08. The highest BCUT2D eigenvalue weighted by Crippen LogP contribution is 2.27. The Balaban J connectivity index is 5.07. The first-order chi connectivity index (χ1) is 7.22. The van der Waals surface area contributed by atoms with E-state index in [2.05, 4.69) is 11.9 Å². The predicted octanol–water partition coefficient (Wildman–Crippen LogP) is 2.23. The Morgan fingerprint density at radius 2 is 1.65 bits per heavy atom. The van der Waals surface area contributed by atoms with E-state index in [1.54, 1.807) is 0 Å². The molecule has 0 fully saturated rings. The van der Waals surface area contributed by atoms with Crippen molar-refractivity contribution in [1.29, 1.82) is 0 Å². The van der Waals surface area contributed by atoms with E-state index in [-0.39, 0.29) is 16.7 Å². The SMILES string of the molecule is C=C(C(CS(=O)(=O)O)NC(C)(C)C)C(C)(C)C. The molecule has 0 aliphatic rings. The summed E-state index contributed by atoms with van der Waals surface area (Å²) in [6, 6.07) is -0.454. The first kappa shape index (κ1) is 16.6. The largest absolute Gasteiger partial charge is 0.305 e. The summed E-state index contributed by atoms with van der Waals surface area (Å²) in [5.74, 6) is -0.347. The average Bonchev–Trinajstić information content (AvgIpc) is 1.94.